The number of carbonyl (C=O) groups is 1. The summed E-state index contributed by atoms with van der Waals surface area (Å²) in [5, 5.41) is 0. The maximum atomic E-state index is 12.0. The van der Waals surface area contributed by atoms with Gasteiger partial charge in [0.15, 0.2) is 0 Å². The lowest BCUT2D eigenvalue weighted by atomic mass is 9.77. The van der Waals surface area contributed by atoms with Crippen molar-refractivity contribution >= 4 is 6.09 Å². The molecular weight excluding hydrogens is 204 g/mol. The van der Waals surface area contributed by atoms with Gasteiger partial charge in [-0.2, -0.15) is 0 Å². The van der Waals surface area contributed by atoms with E-state index in [0.29, 0.717) is 12.0 Å². The zero-order valence-electron chi connectivity index (χ0n) is 10.4. The molecule has 0 unspecified atom stereocenters. The molecule has 0 aromatic rings. The van der Waals surface area contributed by atoms with Crippen molar-refractivity contribution in [1.29, 1.82) is 0 Å². The fraction of sp³-hybridized carbons (Fsp3) is 0.917. The molecule has 0 aromatic heterocycles. The summed E-state index contributed by atoms with van der Waals surface area (Å²) in [6.45, 7) is 6.48. The molecule has 0 aromatic carbocycles. The van der Waals surface area contributed by atoms with Crippen LogP contribution in [0.3, 0.4) is 0 Å². The van der Waals surface area contributed by atoms with E-state index in [1.165, 1.54) is 0 Å². The number of fused-ring (bicyclic) bond motifs is 3. The first-order chi connectivity index (χ1) is 7.37. The zero-order valence-corrected chi connectivity index (χ0v) is 10.4. The predicted octanol–water partition coefficient (Wildman–Crippen LogP) is 1.73. The lowest BCUT2D eigenvalue weighted by molar-refractivity contribution is -0.0170. The maximum absolute atomic E-state index is 12.0. The topological polar surface area (TPSA) is 55.6 Å². The number of rotatable bonds is 0. The van der Waals surface area contributed by atoms with Crippen molar-refractivity contribution in [3.05, 3.63) is 0 Å². The Hall–Kier alpha value is -0.770. The molecule has 2 bridgehead atoms. The summed E-state index contributed by atoms with van der Waals surface area (Å²) in [6.07, 6.45) is 3.00. The third kappa shape index (κ3) is 2.32. The van der Waals surface area contributed by atoms with Crippen LogP contribution in [0.1, 0.15) is 40.0 Å². The van der Waals surface area contributed by atoms with E-state index in [1.807, 2.05) is 25.7 Å². The van der Waals surface area contributed by atoms with E-state index in [2.05, 4.69) is 0 Å². The van der Waals surface area contributed by atoms with Crippen molar-refractivity contribution in [1.82, 2.24) is 4.90 Å². The fourth-order valence-electron chi connectivity index (χ4n) is 2.70. The maximum Gasteiger partial charge on any atom is 0.410 e. The summed E-state index contributed by atoms with van der Waals surface area (Å²) >= 11 is 0. The summed E-state index contributed by atoms with van der Waals surface area (Å²) in [4.78, 5) is 13.9. The van der Waals surface area contributed by atoms with E-state index < -0.39 is 5.60 Å². The quantitative estimate of drug-likeness (QED) is 0.684. The Labute approximate surface area is 97.1 Å². The van der Waals surface area contributed by atoms with E-state index in [1.54, 1.807) is 0 Å². The van der Waals surface area contributed by atoms with E-state index in [0.717, 1.165) is 25.8 Å². The molecule has 3 rings (SSSR count). The molecule has 0 radical (unpaired) electrons. The predicted molar refractivity (Wildman–Crippen MR) is 62.0 cm³/mol. The first kappa shape index (κ1) is 11.7. The molecule has 1 aliphatic carbocycles. The van der Waals surface area contributed by atoms with Gasteiger partial charge in [-0.3, -0.25) is 0 Å². The zero-order chi connectivity index (χ0) is 11.9. The third-order valence-corrected chi connectivity index (χ3v) is 3.52. The number of nitrogens with zero attached hydrogens (tertiary/aromatic N) is 1. The Morgan fingerprint density at radius 3 is 2.50 bits per heavy atom. The standard InChI is InChI=1S/C12H22N2O2/c1-12(2,3)16-11(15)14-7-8-4-5-9(14)6-10(8)13/h8-10H,4-7,13H2,1-3H3/t8-,9-,10+/m1/s1. The van der Waals surface area contributed by atoms with Crippen molar-refractivity contribution in [2.24, 2.45) is 11.7 Å². The van der Waals surface area contributed by atoms with Gasteiger partial charge in [0.1, 0.15) is 5.60 Å². The molecule has 1 saturated carbocycles. The highest BCUT2D eigenvalue weighted by Crippen LogP contribution is 2.34. The van der Waals surface area contributed by atoms with Gasteiger partial charge in [0.2, 0.25) is 0 Å². The second-order valence-corrected chi connectivity index (χ2v) is 6.02. The van der Waals surface area contributed by atoms with Gasteiger partial charge in [-0.15, -0.1) is 0 Å². The van der Waals surface area contributed by atoms with Crippen LogP contribution in [0.5, 0.6) is 0 Å². The summed E-state index contributed by atoms with van der Waals surface area (Å²) < 4.78 is 5.41. The van der Waals surface area contributed by atoms with Crippen molar-refractivity contribution < 1.29 is 9.53 Å². The van der Waals surface area contributed by atoms with Gasteiger partial charge in [0, 0.05) is 18.6 Å². The molecule has 4 heteroatoms. The van der Waals surface area contributed by atoms with Crippen LogP contribution in [0.15, 0.2) is 0 Å². The largest absolute Gasteiger partial charge is 0.444 e. The molecule has 4 nitrogen and oxygen atoms in total. The molecule has 1 amide bonds. The summed E-state index contributed by atoms with van der Waals surface area (Å²) in [6, 6.07) is 0.576. The van der Waals surface area contributed by atoms with E-state index in [-0.39, 0.29) is 12.1 Å². The highest BCUT2D eigenvalue weighted by atomic mass is 16.6. The van der Waals surface area contributed by atoms with Gasteiger partial charge in [0.05, 0.1) is 0 Å². The molecule has 3 fully saturated rings. The van der Waals surface area contributed by atoms with Crippen LogP contribution < -0.4 is 5.73 Å². The highest BCUT2D eigenvalue weighted by Gasteiger charge is 2.42. The monoisotopic (exact) mass is 226 g/mol. The van der Waals surface area contributed by atoms with Crippen LogP contribution in [-0.4, -0.2) is 35.2 Å². The first-order valence-corrected chi connectivity index (χ1v) is 6.12. The van der Waals surface area contributed by atoms with Gasteiger partial charge in [-0.05, 0) is 46.0 Å². The van der Waals surface area contributed by atoms with Gasteiger partial charge >= 0.3 is 6.09 Å². The molecule has 3 atom stereocenters. The number of piperidine rings is 2. The minimum atomic E-state index is -0.407. The number of ether oxygens (including phenoxy) is 1. The lowest BCUT2D eigenvalue weighted by Gasteiger charge is -2.48. The minimum Gasteiger partial charge on any atom is -0.444 e. The van der Waals surface area contributed by atoms with Gasteiger partial charge in [0.25, 0.3) is 0 Å². The second kappa shape index (κ2) is 3.91. The summed E-state index contributed by atoms with van der Waals surface area (Å²) in [5.41, 5.74) is 5.62. The molecule has 0 spiro atoms. The lowest BCUT2D eigenvalue weighted by Crippen LogP contribution is -2.59. The second-order valence-electron chi connectivity index (χ2n) is 6.02. The molecule has 2 N–H and O–H groups in total. The fourth-order valence-corrected chi connectivity index (χ4v) is 2.70. The van der Waals surface area contributed by atoms with E-state index >= 15 is 0 Å². The van der Waals surface area contributed by atoms with Crippen LogP contribution in [0, 0.1) is 5.92 Å². The van der Waals surface area contributed by atoms with E-state index in [9.17, 15) is 4.79 Å². The Bertz CT molecular complexity index is 285. The van der Waals surface area contributed by atoms with Crippen LogP contribution in [-0.2, 0) is 4.74 Å². The number of hydrogen-bond acceptors (Lipinski definition) is 3. The van der Waals surface area contributed by atoms with Gasteiger partial charge < -0.3 is 15.4 Å². The molecule has 2 heterocycles. The van der Waals surface area contributed by atoms with Crippen molar-refractivity contribution in [2.75, 3.05) is 6.54 Å². The number of carbonyl (C=O) groups excluding carboxylic acids is 1. The van der Waals surface area contributed by atoms with Gasteiger partial charge in [-0.25, -0.2) is 4.79 Å². The Morgan fingerprint density at radius 1 is 1.38 bits per heavy atom. The Morgan fingerprint density at radius 2 is 2.06 bits per heavy atom. The van der Waals surface area contributed by atoms with Crippen LogP contribution >= 0.6 is 0 Å². The third-order valence-electron chi connectivity index (χ3n) is 3.52. The van der Waals surface area contributed by atoms with Crippen molar-refractivity contribution in [3.8, 4) is 0 Å². The first-order valence-electron chi connectivity index (χ1n) is 6.12. The molecule has 3 aliphatic rings. The number of nitrogens with two attached hydrogens (primary N) is 1. The smallest absolute Gasteiger partial charge is 0.410 e. The Kier molecular flexibility index (Phi) is 2.86. The van der Waals surface area contributed by atoms with Crippen LogP contribution in [0.4, 0.5) is 4.79 Å². The van der Waals surface area contributed by atoms with Crippen molar-refractivity contribution in [2.45, 2.75) is 57.7 Å². The minimum absolute atomic E-state index is 0.172. The number of hydrogen-bond donors (Lipinski definition) is 1. The SMILES string of the molecule is CC(C)(C)OC(=O)N1C[C@H]2CC[C@@H]1C[C@@H]2N. The average molecular weight is 226 g/mol. The molecular formula is C12H22N2O2. The molecule has 2 aliphatic heterocycles. The summed E-state index contributed by atoms with van der Waals surface area (Å²) in [7, 11) is 0. The van der Waals surface area contributed by atoms with Crippen LogP contribution in [0.2, 0.25) is 0 Å². The summed E-state index contributed by atoms with van der Waals surface area (Å²) in [5.74, 6) is 0.470. The molecule has 2 saturated heterocycles. The Balaban J connectivity index is 1.99. The van der Waals surface area contributed by atoms with E-state index in [4.69, 9.17) is 10.5 Å². The highest BCUT2D eigenvalue weighted by molar-refractivity contribution is 5.69. The van der Waals surface area contributed by atoms with Crippen molar-refractivity contribution in [3.63, 3.8) is 0 Å². The molecule has 92 valence electrons. The normalized spacial score (nSPS) is 34.0. The van der Waals surface area contributed by atoms with Gasteiger partial charge in [-0.1, -0.05) is 0 Å². The van der Waals surface area contributed by atoms with Crippen LogP contribution in [0.25, 0.3) is 0 Å². The molecule has 16 heavy (non-hydrogen) atoms. The number of amides is 1. The average Bonchev–Trinajstić information content (AvgIpc) is 2.15.